The molecule has 0 spiro atoms. The van der Waals surface area contributed by atoms with E-state index in [0.29, 0.717) is 0 Å². The number of carbonyl (C=O) groups is 2. The van der Waals surface area contributed by atoms with Gasteiger partial charge in [0.1, 0.15) is 0 Å². The van der Waals surface area contributed by atoms with Crippen LogP contribution in [-0.2, 0) is 14.3 Å². The molecule has 3 rings (SSSR count). The minimum atomic E-state index is -1.05. The second kappa shape index (κ2) is 5.35. The molecule has 1 heterocycles. The average molecular weight is 280 g/mol. The SMILES string of the molecule is C[C@H](NC(=O)[C@@H]1[C@H]2CC[C@@H](C2)[C@@H]1C(=O)[O-])[C@H]1CCCO1. The maximum absolute atomic E-state index is 12.5. The van der Waals surface area contributed by atoms with Crippen molar-refractivity contribution in [3.05, 3.63) is 0 Å². The topological polar surface area (TPSA) is 78.5 Å². The summed E-state index contributed by atoms with van der Waals surface area (Å²) in [6.45, 7) is 2.69. The van der Waals surface area contributed by atoms with Crippen LogP contribution in [0.3, 0.4) is 0 Å². The number of fused-ring (bicyclic) bond motifs is 2. The summed E-state index contributed by atoms with van der Waals surface area (Å²) in [6.07, 6.45) is 4.82. The number of amides is 1. The maximum Gasteiger partial charge on any atom is 0.224 e. The molecule has 5 heteroatoms. The molecule has 5 nitrogen and oxygen atoms in total. The molecule has 6 atom stereocenters. The number of rotatable bonds is 4. The van der Waals surface area contributed by atoms with Crippen LogP contribution in [0.4, 0.5) is 0 Å². The normalized spacial score (nSPS) is 40.8. The first-order valence-corrected chi connectivity index (χ1v) is 7.70. The second-order valence-electron chi connectivity index (χ2n) is 6.55. The molecule has 1 N–H and O–H groups in total. The Labute approximate surface area is 119 Å². The minimum Gasteiger partial charge on any atom is -0.550 e. The van der Waals surface area contributed by atoms with Gasteiger partial charge in [0.25, 0.3) is 0 Å². The van der Waals surface area contributed by atoms with Crippen LogP contribution < -0.4 is 10.4 Å². The molecular weight excluding hydrogens is 258 g/mol. The van der Waals surface area contributed by atoms with E-state index in [0.717, 1.165) is 38.7 Å². The van der Waals surface area contributed by atoms with Gasteiger partial charge >= 0.3 is 0 Å². The summed E-state index contributed by atoms with van der Waals surface area (Å²) in [6, 6.07) is -0.0495. The van der Waals surface area contributed by atoms with Crippen molar-refractivity contribution in [2.24, 2.45) is 23.7 Å². The van der Waals surface area contributed by atoms with Crippen molar-refractivity contribution in [2.45, 2.75) is 51.2 Å². The Bertz CT molecular complexity index is 405. The number of hydrogen-bond donors (Lipinski definition) is 1. The molecule has 1 amide bonds. The van der Waals surface area contributed by atoms with E-state index in [2.05, 4.69) is 5.32 Å². The minimum absolute atomic E-state index is 0.0495. The smallest absolute Gasteiger partial charge is 0.224 e. The summed E-state index contributed by atoms with van der Waals surface area (Å²) in [7, 11) is 0. The van der Waals surface area contributed by atoms with Crippen molar-refractivity contribution < 1.29 is 19.4 Å². The summed E-state index contributed by atoms with van der Waals surface area (Å²) in [5.74, 6) is -1.80. The van der Waals surface area contributed by atoms with Gasteiger partial charge in [-0.2, -0.15) is 0 Å². The second-order valence-corrected chi connectivity index (χ2v) is 6.55. The third-order valence-corrected chi connectivity index (χ3v) is 5.38. The zero-order chi connectivity index (χ0) is 14.3. The van der Waals surface area contributed by atoms with Crippen LogP contribution in [0.1, 0.15) is 39.0 Å². The Hall–Kier alpha value is -1.10. The monoisotopic (exact) mass is 280 g/mol. The fraction of sp³-hybridized carbons (Fsp3) is 0.867. The van der Waals surface area contributed by atoms with E-state index in [1.807, 2.05) is 6.92 Å². The van der Waals surface area contributed by atoms with E-state index >= 15 is 0 Å². The van der Waals surface area contributed by atoms with Gasteiger partial charge in [-0.15, -0.1) is 0 Å². The van der Waals surface area contributed by atoms with Crippen LogP contribution in [0, 0.1) is 23.7 Å². The lowest BCUT2D eigenvalue weighted by molar-refractivity contribution is -0.314. The van der Waals surface area contributed by atoms with Crippen molar-refractivity contribution in [3.63, 3.8) is 0 Å². The average Bonchev–Trinajstić information content (AvgIpc) is 3.13. The lowest BCUT2D eigenvalue weighted by atomic mass is 9.78. The van der Waals surface area contributed by atoms with E-state index in [-0.39, 0.29) is 29.9 Å². The van der Waals surface area contributed by atoms with E-state index in [1.54, 1.807) is 0 Å². The number of carbonyl (C=O) groups excluding carboxylic acids is 2. The molecule has 2 aliphatic carbocycles. The molecule has 1 saturated heterocycles. The first-order chi connectivity index (χ1) is 9.58. The molecule has 0 aromatic heterocycles. The van der Waals surface area contributed by atoms with Gasteiger partial charge in [-0.1, -0.05) is 0 Å². The molecular formula is C15H22NO4-. The lowest BCUT2D eigenvalue weighted by Gasteiger charge is -2.32. The van der Waals surface area contributed by atoms with E-state index in [4.69, 9.17) is 4.74 Å². The number of aliphatic carboxylic acids is 1. The van der Waals surface area contributed by atoms with Crippen molar-refractivity contribution in [2.75, 3.05) is 6.61 Å². The van der Waals surface area contributed by atoms with Gasteiger partial charge in [-0.05, 0) is 50.9 Å². The Balaban J connectivity index is 1.65. The highest BCUT2D eigenvalue weighted by atomic mass is 16.5. The highest BCUT2D eigenvalue weighted by molar-refractivity contribution is 5.85. The van der Waals surface area contributed by atoms with Gasteiger partial charge < -0.3 is 20.0 Å². The standard InChI is InChI=1S/C15H23NO4/c1-8(11-3-2-6-20-11)16-14(17)12-9-4-5-10(7-9)13(12)15(18)19/h8-13H,2-7H2,1H3,(H,16,17)(H,18,19)/p-1/t8-,9-,10-,11+,12+,13-/m0/s1. The van der Waals surface area contributed by atoms with Crippen LogP contribution >= 0.6 is 0 Å². The zero-order valence-electron chi connectivity index (χ0n) is 11.8. The lowest BCUT2D eigenvalue weighted by Crippen LogP contribution is -2.49. The van der Waals surface area contributed by atoms with E-state index in [1.165, 1.54) is 0 Å². The van der Waals surface area contributed by atoms with Crippen molar-refractivity contribution in [1.29, 1.82) is 0 Å². The molecule has 112 valence electrons. The number of nitrogens with one attached hydrogen (secondary N) is 1. The first kappa shape index (κ1) is 13.9. The van der Waals surface area contributed by atoms with Gasteiger partial charge in [0.15, 0.2) is 0 Å². The predicted molar refractivity (Wildman–Crippen MR) is 69.4 cm³/mol. The summed E-state index contributed by atoms with van der Waals surface area (Å²) >= 11 is 0. The molecule has 1 aliphatic heterocycles. The number of carboxylic acid groups (broad SMARTS) is 1. The van der Waals surface area contributed by atoms with Crippen LogP contribution in [0.15, 0.2) is 0 Å². The van der Waals surface area contributed by atoms with Gasteiger partial charge in [0, 0.05) is 24.4 Å². The largest absolute Gasteiger partial charge is 0.550 e. The Morgan fingerprint density at radius 3 is 2.50 bits per heavy atom. The van der Waals surface area contributed by atoms with E-state index in [9.17, 15) is 14.7 Å². The quantitative estimate of drug-likeness (QED) is 0.791. The fourth-order valence-electron chi connectivity index (χ4n) is 4.42. The number of carboxylic acids is 1. The Kier molecular flexibility index (Phi) is 3.71. The molecule has 2 bridgehead atoms. The summed E-state index contributed by atoms with van der Waals surface area (Å²) in [5.41, 5.74) is 0. The van der Waals surface area contributed by atoms with Crippen LogP contribution in [0.2, 0.25) is 0 Å². The van der Waals surface area contributed by atoms with Crippen molar-refractivity contribution in [3.8, 4) is 0 Å². The Morgan fingerprint density at radius 2 is 1.90 bits per heavy atom. The maximum atomic E-state index is 12.5. The van der Waals surface area contributed by atoms with Crippen molar-refractivity contribution in [1.82, 2.24) is 5.32 Å². The summed E-state index contributed by atoms with van der Waals surface area (Å²) in [5, 5.41) is 14.3. The first-order valence-electron chi connectivity index (χ1n) is 7.70. The molecule has 0 aromatic carbocycles. The molecule has 20 heavy (non-hydrogen) atoms. The number of hydrogen-bond acceptors (Lipinski definition) is 4. The molecule has 0 radical (unpaired) electrons. The van der Waals surface area contributed by atoms with Gasteiger partial charge in [0.2, 0.25) is 5.91 Å². The predicted octanol–water partition coefficient (Wildman–Crippen LogP) is 0.0823. The van der Waals surface area contributed by atoms with Gasteiger partial charge in [0.05, 0.1) is 12.1 Å². The molecule has 2 saturated carbocycles. The molecule has 3 aliphatic rings. The summed E-state index contributed by atoms with van der Waals surface area (Å²) in [4.78, 5) is 23.8. The van der Waals surface area contributed by atoms with Crippen LogP contribution in [-0.4, -0.2) is 30.6 Å². The highest BCUT2D eigenvalue weighted by Crippen LogP contribution is 2.52. The summed E-state index contributed by atoms with van der Waals surface area (Å²) < 4.78 is 5.57. The third-order valence-electron chi connectivity index (χ3n) is 5.38. The molecule has 0 aromatic rings. The van der Waals surface area contributed by atoms with E-state index < -0.39 is 17.8 Å². The third kappa shape index (κ3) is 2.32. The molecule has 3 fully saturated rings. The van der Waals surface area contributed by atoms with Crippen molar-refractivity contribution >= 4 is 11.9 Å². The zero-order valence-corrected chi connectivity index (χ0v) is 11.8. The molecule has 0 unspecified atom stereocenters. The highest BCUT2D eigenvalue weighted by Gasteiger charge is 2.51. The van der Waals surface area contributed by atoms with Gasteiger partial charge in [-0.3, -0.25) is 4.79 Å². The van der Waals surface area contributed by atoms with Crippen LogP contribution in [0.25, 0.3) is 0 Å². The fourth-order valence-corrected chi connectivity index (χ4v) is 4.42. The van der Waals surface area contributed by atoms with Gasteiger partial charge in [-0.25, -0.2) is 0 Å². The Morgan fingerprint density at radius 1 is 1.20 bits per heavy atom. The number of ether oxygens (including phenoxy) is 1. The van der Waals surface area contributed by atoms with Crippen LogP contribution in [0.5, 0.6) is 0 Å².